The number of alkyl halides is 3. The third-order valence-corrected chi connectivity index (χ3v) is 3.75. The molecule has 1 amide bonds. The maximum atomic E-state index is 12.5. The van der Waals surface area contributed by atoms with E-state index in [1.807, 2.05) is 0 Å². The molecule has 1 saturated carbocycles. The highest BCUT2D eigenvalue weighted by Gasteiger charge is 2.32. The lowest BCUT2D eigenvalue weighted by Crippen LogP contribution is -2.41. The summed E-state index contributed by atoms with van der Waals surface area (Å²) in [6, 6.07) is 4.40. The van der Waals surface area contributed by atoms with E-state index in [2.05, 4.69) is 0 Å². The summed E-state index contributed by atoms with van der Waals surface area (Å²) in [4.78, 5) is 24.2. The van der Waals surface area contributed by atoms with Gasteiger partial charge in [0.05, 0.1) is 5.56 Å². The van der Waals surface area contributed by atoms with E-state index < -0.39 is 24.3 Å². The topological polar surface area (TPSA) is 57.6 Å². The third-order valence-electron chi connectivity index (χ3n) is 3.75. The Kier molecular flexibility index (Phi) is 4.73. The molecule has 1 aromatic rings. The quantitative estimate of drug-likeness (QED) is 0.909. The Bertz CT molecular complexity index is 550. The van der Waals surface area contributed by atoms with E-state index in [1.54, 1.807) is 0 Å². The lowest BCUT2D eigenvalue weighted by molar-refractivity contribution is -0.148. The first-order chi connectivity index (χ1) is 10.3. The van der Waals surface area contributed by atoms with Crippen LogP contribution in [0.3, 0.4) is 0 Å². The highest BCUT2D eigenvalue weighted by molar-refractivity contribution is 5.83. The molecule has 120 valence electrons. The Labute approximate surface area is 125 Å². The average molecular weight is 315 g/mol. The molecule has 1 aliphatic carbocycles. The van der Waals surface area contributed by atoms with Crippen molar-refractivity contribution in [3.05, 3.63) is 35.4 Å². The van der Waals surface area contributed by atoms with Crippen LogP contribution in [-0.2, 0) is 22.3 Å². The van der Waals surface area contributed by atoms with Crippen molar-refractivity contribution in [3.63, 3.8) is 0 Å². The summed E-state index contributed by atoms with van der Waals surface area (Å²) in [6.07, 6.45) is -2.00. The number of carboxylic acid groups (broad SMARTS) is 1. The van der Waals surface area contributed by atoms with Gasteiger partial charge < -0.3 is 10.0 Å². The summed E-state index contributed by atoms with van der Waals surface area (Å²) in [6.45, 7) is -0.448. The second kappa shape index (κ2) is 6.37. The Balaban J connectivity index is 2.09. The van der Waals surface area contributed by atoms with Crippen LogP contribution in [0.5, 0.6) is 0 Å². The van der Waals surface area contributed by atoms with Crippen molar-refractivity contribution < 1.29 is 27.9 Å². The molecule has 1 aliphatic rings. The van der Waals surface area contributed by atoms with E-state index >= 15 is 0 Å². The van der Waals surface area contributed by atoms with Gasteiger partial charge in [0.15, 0.2) is 0 Å². The maximum Gasteiger partial charge on any atom is 0.416 e. The van der Waals surface area contributed by atoms with Gasteiger partial charge in [0.25, 0.3) is 0 Å². The van der Waals surface area contributed by atoms with Crippen LogP contribution in [0, 0.1) is 5.92 Å². The van der Waals surface area contributed by atoms with Crippen LogP contribution in [-0.4, -0.2) is 28.4 Å². The molecule has 0 heterocycles. The lowest BCUT2D eigenvalue weighted by atomic mass is 9.84. The second-order valence-electron chi connectivity index (χ2n) is 5.41. The van der Waals surface area contributed by atoms with Crippen molar-refractivity contribution in [1.82, 2.24) is 4.90 Å². The van der Waals surface area contributed by atoms with Crippen LogP contribution in [0.25, 0.3) is 0 Å². The van der Waals surface area contributed by atoms with Gasteiger partial charge in [0, 0.05) is 12.5 Å². The van der Waals surface area contributed by atoms with Gasteiger partial charge in [0.1, 0.15) is 6.54 Å². The number of hydrogen-bond acceptors (Lipinski definition) is 2. The number of nitrogens with zero attached hydrogens (tertiary/aromatic N) is 1. The van der Waals surface area contributed by atoms with E-state index in [4.69, 9.17) is 5.11 Å². The molecule has 0 unspecified atom stereocenters. The molecule has 0 bridgehead atoms. The summed E-state index contributed by atoms with van der Waals surface area (Å²) < 4.78 is 37.5. The number of carboxylic acids is 1. The Morgan fingerprint density at radius 2 is 1.77 bits per heavy atom. The number of carbonyl (C=O) groups is 2. The molecule has 2 rings (SSSR count). The average Bonchev–Trinajstić information content (AvgIpc) is 2.35. The molecular weight excluding hydrogens is 299 g/mol. The van der Waals surface area contributed by atoms with E-state index in [0.717, 1.165) is 31.4 Å². The summed E-state index contributed by atoms with van der Waals surface area (Å²) in [5, 5.41) is 8.89. The number of hydrogen-bond donors (Lipinski definition) is 1. The minimum absolute atomic E-state index is 0.000228. The SMILES string of the molecule is O=C(O)CN(Cc1ccc(C(F)(F)F)cc1)C(=O)C1CCC1. The highest BCUT2D eigenvalue weighted by atomic mass is 19.4. The van der Waals surface area contributed by atoms with Gasteiger partial charge in [-0.1, -0.05) is 18.6 Å². The zero-order valence-corrected chi connectivity index (χ0v) is 11.8. The fourth-order valence-corrected chi connectivity index (χ4v) is 2.31. The first-order valence-corrected chi connectivity index (χ1v) is 6.94. The van der Waals surface area contributed by atoms with Crippen LogP contribution >= 0.6 is 0 Å². The van der Waals surface area contributed by atoms with E-state index in [0.29, 0.717) is 5.56 Å². The Morgan fingerprint density at radius 3 is 2.18 bits per heavy atom. The molecule has 0 radical (unpaired) electrons. The number of aliphatic carboxylic acids is 1. The maximum absolute atomic E-state index is 12.5. The highest BCUT2D eigenvalue weighted by Crippen LogP contribution is 2.30. The molecule has 1 aromatic carbocycles. The molecule has 7 heteroatoms. The number of benzene rings is 1. The number of amides is 1. The minimum Gasteiger partial charge on any atom is -0.480 e. The van der Waals surface area contributed by atoms with Crippen LogP contribution in [0.1, 0.15) is 30.4 Å². The summed E-state index contributed by atoms with van der Waals surface area (Å²) >= 11 is 0. The van der Waals surface area contributed by atoms with Crippen molar-refractivity contribution in [2.24, 2.45) is 5.92 Å². The van der Waals surface area contributed by atoms with Gasteiger partial charge in [-0.3, -0.25) is 9.59 Å². The molecule has 0 spiro atoms. The zero-order chi connectivity index (χ0) is 16.3. The molecule has 0 atom stereocenters. The predicted molar refractivity (Wildman–Crippen MR) is 71.8 cm³/mol. The Hall–Kier alpha value is -2.05. The van der Waals surface area contributed by atoms with E-state index in [1.165, 1.54) is 17.0 Å². The fraction of sp³-hybridized carbons (Fsp3) is 0.467. The van der Waals surface area contributed by atoms with Crippen LogP contribution in [0.15, 0.2) is 24.3 Å². The first kappa shape index (κ1) is 16.3. The minimum atomic E-state index is -4.42. The second-order valence-corrected chi connectivity index (χ2v) is 5.41. The van der Waals surface area contributed by atoms with Crippen molar-refractivity contribution in [3.8, 4) is 0 Å². The first-order valence-electron chi connectivity index (χ1n) is 6.94. The summed E-state index contributed by atoms with van der Waals surface area (Å²) in [5.74, 6) is -1.54. The van der Waals surface area contributed by atoms with Crippen LogP contribution in [0.2, 0.25) is 0 Å². The van der Waals surface area contributed by atoms with E-state index in [-0.39, 0.29) is 18.4 Å². The predicted octanol–water partition coefficient (Wildman–Crippen LogP) is 2.92. The van der Waals surface area contributed by atoms with Gasteiger partial charge >= 0.3 is 12.1 Å². The van der Waals surface area contributed by atoms with E-state index in [9.17, 15) is 22.8 Å². The normalized spacial score (nSPS) is 15.2. The standard InChI is InChI=1S/C15H16F3NO3/c16-15(17,18)12-6-4-10(5-7-12)8-19(9-13(20)21)14(22)11-2-1-3-11/h4-7,11H,1-3,8-9H2,(H,20,21). The van der Waals surface area contributed by atoms with Crippen LogP contribution < -0.4 is 0 Å². The fourth-order valence-electron chi connectivity index (χ4n) is 2.31. The van der Waals surface area contributed by atoms with Crippen molar-refractivity contribution in [2.45, 2.75) is 32.0 Å². The number of carbonyl (C=O) groups excluding carboxylic acids is 1. The molecule has 0 aliphatic heterocycles. The van der Waals surface area contributed by atoms with Crippen molar-refractivity contribution in [1.29, 1.82) is 0 Å². The number of halogens is 3. The molecule has 1 fully saturated rings. The van der Waals surface area contributed by atoms with Crippen molar-refractivity contribution >= 4 is 11.9 Å². The summed E-state index contributed by atoms with van der Waals surface area (Å²) in [5.41, 5.74) is -0.298. The summed E-state index contributed by atoms with van der Waals surface area (Å²) in [7, 11) is 0. The molecule has 4 nitrogen and oxygen atoms in total. The van der Waals surface area contributed by atoms with Gasteiger partial charge in [-0.05, 0) is 30.5 Å². The lowest BCUT2D eigenvalue weighted by Gasteiger charge is -2.30. The molecular formula is C15H16F3NO3. The van der Waals surface area contributed by atoms with Gasteiger partial charge in [-0.2, -0.15) is 13.2 Å². The van der Waals surface area contributed by atoms with Gasteiger partial charge in [0.2, 0.25) is 5.91 Å². The number of rotatable bonds is 5. The third kappa shape index (κ3) is 3.99. The smallest absolute Gasteiger partial charge is 0.416 e. The monoisotopic (exact) mass is 315 g/mol. The zero-order valence-electron chi connectivity index (χ0n) is 11.8. The molecule has 22 heavy (non-hydrogen) atoms. The van der Waals surface area contributed by atoms with Gasteiger partial charge in [-0.25, -0.2) is 0 Å². The molecule has 0 aromatic heterocycles. The largest absolute Gasteiger partial charge is 0.480 e. The van der Waals surface area contributed by atoms with Crippen molar-refractivity contribution in [2.75, 3.05) is 6.54 Å². The molecule has 0 saturated heterocycles. The van der Waals surface area contributed by atoms with Crippen LogP contribution in [0.4, 0.5) is 13.2 Å². The molecule has 1 N–H and O–H groups in total. The Morgan fingerprint density at radius 1 is 1.18 bits per heavy atom. The van der Waals surface area contributed by atoms with Gasteiger partial charge in [-0.15, -0.1) is 0 Å².